The predicted molar refractivity (Wildman–Crippen MR) is 142 cm³/mol. The number of nitrogens with zero attached hydrogens (tertiary/aromatic N) is 2. The molecular formula is C28H32FN3O6S. The van der Waals surface area contributed by atoms with Gasteiger partial charge in [-0.2, -0.15) is 0 Å². The average Bonchev–Trinajstić information content (AvgIpc) is 3.19. The molecule has 11 heteroatoms. The second kappa shape index (κ2) is 11.3. The zero-order valence-corrected chi connectivity index (χ0v) is 22.1. The Hall–Kier alpha value is -2.93. The van der Waals surface area contributed by atoms with Crippen molar-refractivity contribution in [3.63, 3.8) is 0 Å². The monoisotopic (exact) mass is 557 g/mol. The Kier molecular flexibility index (Phi) is 7.99. The number of aromatic nitrogens is 1. The summed E-state index contributed by atoms with van der Waals surface area (Å²) in [7, 11) is -4.10. The first-order valence-electron chi connectivity index (χ1n) is 12.8. The highest BCUT2D eigenvalue weighted by atomic mass is 32.2. The minimum Gasteiger partial charge on any atom is -0.492 e. The molecule has 0 amide bonds. The van der Waals surface area contributed by atoms with E-state index in [1.165, 1.54) is 24.3 Å². The fraction of sp³-hybridized carbons (Fsp3) is 0.393. The van der Waals surface area contributed by atoms with Gasteiger partial charge >= 0.3 is 0 Å². The number of halogens is 1. The van der Waals surface area contributed by atoms with Gasteiger partial charge in [-0.1, -0.05) is 24.3 Å². The Morgan fingerprint density at radius 3 is 2.49 bits per heavy atom. The number of rotatable bonds is 3. The SMILES string of the molecule is O=S1(=O)NC[C@H](O)CN(Cc2ccncc2)CC2(COc3cc(-c4ccccc4F)ccc31)C[C@@H](O)[C@@H](O)C2. The zero-order chi connectivity index (χ0) is 27.6. The highest BCUT2D eigenvalue weighted by Gasteiger charge is 2.46. The molecule has 1 fully saturated rings. The minimum absolute atomic E-state index is 0.00664. The molecule has 4 N–H and O–H groups in total. The van der Waals surface area contributed by atoms with Crippen LogP contribution in [0.5, 0.6) is 5.75 Å². The highest BCUT2D eigenvalue weighted by Crippen LogP contribution is 2.41. The van der Waals surface area contributed by atoms with Crippen molar-refractivity contribution in [2.75, 3.05) is 26.2 Å². The summed E-state index contributed by atoms with van der Waals surface area (Å²) in [5.74, 6) is -0.436. The average molecular weight is 558 g/mol. The number of β-amino-alcohol motifs (C(OH)–C–C–N with tert-alkyl or cyclic N) is 1. The summed E-state index contributed by atoms with van der Waals surface area (Å²) in [6.45, 7) is 0.719. The fourth-order valence-electron chi connectivity index (χ4n) is 5.52. The number of ether oxygens (including phenoxy) is 1. The van der Waals surface area contributed by atoms with E-state index in [4.69, 9.17) is 4.74 Å². The Morgan fingerprint density at radius 2 is 1.77 bits per heavy atom. The third-order valence-electron chi connectivity index (χ3n) is 7.37. The lowest BCUT2D eigenvalue weighted by Gasteiger charge is -2.37. The Bertz CT molecular complexity index is 1400. The van der Waals surface area contributed by atoms with E-state index < -0.39 is 39.6 Å². The maximum absolute atomic E-state index is 14.5. The third-order valence-corrected chi connectivity index (χ3v) is 8.84. The third kappa shape index (κ3) is 6.29. The number of benzene rings is 2. The van der Waals surface area contributed by atoms with Crippen LogP contribution >= 0.6 is 0 Å². The van der Waals surface area contributed by atoms with Gasteiger partial charge in [0.2, 0.25) is 10.0 Å². The van der Waals surface area contributed by atoms with Crippen LogP contribution in [-0.4, -0.2) is 78.2 Å². The maximum atomic E-state index is 14.5. The van der Waals surface area contributed by atoms with Gasteiger partial charge in [-0.25, -0.2) is 17.5 Å². The Labute approximate surface area is 227 Å². The molecule has 0 radical (unpaired) electrons. The molecule has 0 saturated heterocycles. The number of hydrogen-bond donors (Lipinski definition) is 4. The topological polar surface area (TPSA) is 132 Å². The lowest BCUT2D eigenvalue weighted by atomic mass is 9.85. The highest BCUT2D eigenvalue weighted by molar-refractivity contribution is 7.89. The number of fused-ring (bicyclic) bond motifs is 1. The van der Waals surface area contributed by atoms with E-state index in [1.807, 2.05) is 17.0 Å². The molecule has 1 aliphatic carbocycles. The number of hydrogen-bond acceptors (Lipinski definition) is 8. The summed E-state index contributed by atoms with van der Waals surface area (Å²) in [5.41, 5.74) is 0.933. The summed E-state index contributed by atoms with van der Waals surface area (Å²) < 4.78 is 49.8. The van der Waals surface area contributed by atoms with E-state index in [1.54, 1.807) is 30.6 Å². The van der Waals surface area contributed by atoms with Crippen molar-refractivity contribution >= 4 is 10.0 Å². The normalized spacial score (nSPS) is 27.7. The van der Waals surface area contributed by atoms with Gasteiger partial charge in [-0.05, 0) is 54.3 Å². The molecule has 39 heavy (non-hydrogen) atoms. The molecule has 1 saturated carbocycles. The van der Waals surface area contributed by atoms with E-state index in [-0.39, 0.29) is 43.2 Å². The van der Waals surface area contributed by atoms with E-state index >= 15 is 0 Å². The smallest absolute Gasteiger partial charge is 0.244 e. The van der Waals surface area contributed by atoms with Crippen LogP contribution in [0.3, 0.4) is 0 Å². The summed E-state index contributed by atoms with van der Waals surface area (Å²) in [6, 6.07) is 14.2. The largest absolute Gasteiger partial charge is 0.492 e. The Morgan fingerprint density at radius 1 is 1.05 bits per heavy atom. The van der Waals surface area contributed by atoms with Crippen molar-refractivity contribution in [2.45, 2.75) is 42.6 Å². The number of pyridine rings is 1. The second-order valence-corrected chi connectivity index (χ2v) is 12.2. The summed E-state index contributed by atoms with van der Waals surface area (Å²) >= 11 is 0. The Balaban J connectivity index is 1.54. The molecule has 1 aromatic heterocycles. The summed E-state index contributed by atoms with van der Waals surface area (Å²) in [6.07, 6.45) is 0.823. The van der Waals surface area contributed by atoms with Crippen LogP contribution in [0.4, 0.5) is 4.39 Å². The quantitative estimate of drug-likeness (QED) is 0.384. The number of aliphatic hydroxyl groups excluding tert-OH is 3. The molecule has 2 heterocycles. The van der Waals surface area contributed by atoms with Crippen LogP contribution in [-0.2, 0) is 16.6 Å². The lowest BCUT2D eigenvalue weighted by molar-refractivity contribution is 0.0427. The summed E-state index contributed by atoms with van der Waals surface area (Å²) in [5, 5.41) is 31.8. The standard InChI is InChI=1S/C28H32FN3O6S/c29-23-4-2-1-3-22(23)20-5-6-27-26(11-20)38-18-28(12-24(34)25(35)13-28)17-32(15-19-7-9-30-10-8-19)16-21(33)14-31-39(27,36)37/h1-11,21,24-25,31,33-35H,12-18H2/t21-,24-,25+,28?/m0/s1. The van der Waals surface area contributed by atoms with Gasteiger partial charge in [0, 0.05) is 49.6 Å². The zero-order valence-electron chi connectivity index (χ0n) is 21.3. The van der Waals surface area contributed by atoms with E-state index in [0.29, 0.717) is 24.2 Å². The molecular weight excluding hydrogens is 525 g/mol. The van der Waals surface area contributed by atoms with Gasteiger partial charge < -0.3 is 20.1 Å². The minimum atomic E-state index is -4.10. The predicted octanol–water partition coefficient (Wildman–Crippen LogP) is 1.92. The number of sulfonamides is 1. The van der Waals surface area contributed by atoms with Crippen molar-refractivity contribution in [3.05, 3.63) is 78.4 Å². The van der Waals surface area contributed by atoms with E-state index in [2.05, 4.69) is 9.71 Å². The van der Waals surface area contributed by atoms with E-state index in [0.717, 1.165) is 5.56 Å². The lowest BCUT2D eigenvalue weighted by Crippen LogP contribution is -2.46. The van der Waals surface area contributed by atoms with Gasteiger partial charge in [-0.3, -0.25) is 9.88 Å². The molecule has 4 atom stereocenters. The maximum Gasteiger partial charge on any atom is 0.244 e. The molecule has 2 aromatic carbocycles. The van der Waals surface area contributed by atoms with Crippen molar-refractivity contribution in [1.29, 1.82) is 0 Å². The van der Waals surface area contributed by atoms with Crippen molar-refractivity contribution < 1.29 is 32.9 Å². The first kappa shape index (κ1) is 27.6. The van der Waals surface area contributed by atoms with Crippen LogP contribution in [0.1, 0.15) is 18.4 Å². The molecule has 3 aromatic rings. The van der Waals surface area contributed by atoms with Crippen LogP contribution in [0.25, 0.3) is 11.1 Å². The van der Waals surface area contributed by atoms with E-state index in [9.17, 15) is 28.1 Å². The van der Waals surface area contributed by atoms with Crippen molar-refractivity contribution in [1.82, 2.24) is 14.6 Å². The van der Waals surface area contributed by atoms with Gasteiger partial charge in [0.25, 0.3) is 0 Å². The molecule has 1 unspecified atom stereocenters. The molecule has 0 bridgehead atoms. The molecule has 208 valence electrons. The molecule has 1 spiro atoms. The molecule has 5 rings (SSSR count). The van der Waals surface area contributed by atoms with Crippen LogP contribution in [0, 0.1) is 11.2 Å². The first-order valence-corrected chi connectivity index (χ1v) is 14.3. The molecule has 1 aliphatic heterocycles. The molecule has 2 aliphatic rings. The van der Waals surface area contributed by atoms with Crippen LogP contribution in [0.2, 0.25) is 0 Å². The number of aliphatic hydroxyl groups is 3. The fourth-order valence-corrected chi connectivity index (χ4v) is 6.72. The molecule has 9 nitrogen and oxygen atoms in total. The van der Waals surface area contributed by atoms with Gasteiger partial charge in [0.1, 0.15) is 16.5 Å². The van der Waals surface area contributed by atoms with Crippen LogP contribution in [0.15, 0.2) is 71.9 Å². The van der Waals surface area contributed by atoms with Gasteiger partial charge in [0.05, 0.1) is 24.9 Å². The van der Waals surface area contributed by atoms with Crippen molar-refractivity contribution in [3.8, 4) is 16.9 Å². The van der Waals surface area contributed by atoms with Crippen LogP contribution < -0.4 is 9.46 Å². The van der Waals surface area contributed by atoms with Crippen molar-refractivity contribution in [2.24, 2.45) is 5.41 Å². The second-order valence-electron chi connectivity index (χ2n) is 10.5. The number of nitrogens with one attached hydrogen (secondary N) is 1. The van der Waals surface area contributed by atoms with Gasteiger partial charge in [-0.15, -0.1) is 0 Å². The first-order chi connectivity index (χ1) is 18.6. The summed E-state index contributed by atoms with van der Waals surface area (Å²) in [4.78, 5) is 5.88. The van der Waals surface area contributed by atoms with Gasteiger partial charge in [0.15, 0.2) is 0 Å².